The van der Waals surface area contributed by atoms with Crippen LogP contribution in [0.15, 0.2) is 43.0 Å². The number of aliphatic hydroxyl groups is 1. The zero-order valence-electron chi connectivity index (χ0n) is 16.5. The third kappa shape index (κ3) is 4.79. The maximum atomic E-state index is 14.6. The largest absolute Gasteiger partial charge is 0.385 e. The molecule has 33 heavy (non-hydrogen) atoms. The summed E-state index contributed by atoms with van der Waals surface area (Å²) in [5, 5.41) is 28.5. The van der Waals surface area contributed by atoms with Crippen molar-refractivity contribution in [2.75, 3.05) is 17.2 Å². The maximum absolute atomic E-state index is 14.6. The summed E-state index contributed by atoms with van der Waals surface area (Å²) in [6.45, 7) is -0.394. The van der Waals surface area contributed by atoms with Gasteiger partial charge < -0.3 is 15.7 Å². The van der Waals surface area contributed by atoms with Crippen LogP contribution in [0.25, 0.3) is 16.6 Å². The van der Waals surface area contributed by atoms with Gasteiger partial charge in [-0.25, -0.2) is 32.8 Å². The molecule has 0 aliphatic carbocycles. The first kappa shape index (κ1) is 22.3. The normalized spacial score (nSPS) is 12.0. The van der Waals surface area contributed by atoms with E-state index < -0.39 is 24.9 Å². The predicted octanol–water partition coefficient (Wildman–Crippen LogP) is 3.66. The van der Waals surface area contributed by atoms with E-state index in [0.29, 0.717) is 22.5 Å². The van der Waals surface area contributed by atoms with Crippen LogP contribution in [-0.2, 0) is 0 Å². The van der Waals surface area contributed by atoms with Crippen LogP contribution in [0.2, 0.25) is 5.02 Å². The molecule has 13 heteroatoms. The standard InChI is InChI=1S/C20H14ClF3N8O/c21-12-1-10(5-25)2-13(22)19(12)32-14-3-17(26-6-11(14)7-30-32)31-18-4-16(28-9-29-18)27-8-15(33)20(23)24/h1-4,6-7,9,15,20,33H,8H2,(H2,26,27,28,29,31). The third-order valence-electron chi connectivity index (χ3n) is 4.52. The molecule has 0 amide bonds. The number of anilines is 3. The van der Waals surface area contributed by atoms with Crippen molar-refractivity contribution in [3.05, 3.63) is 59.4 Å². The van der Waals surface area contributed by atoms with Crippen LogP contribution in [0.5, 0.6) is 0 Å². The number of aromatic nitrogens is 5. The van der Waals surface area contributed by atoms with Gasteiger partial charge in [0.25, 0.3) is 6.43 Å². The third-order valence-corrected chi connectivity index (χ3v) is 4.80. The Balaban J connectivity index is 1.62. The van der Waals surface area contributed by atoms with Crippen molar-refractivity contribution in [2.24, 2.45) is 0 Å². The van der Waals surface area contributed by atoms with Crippen molar-refractivity contribution in [3.63, 3.8) is 0 Å². The van der Waals surface area contributed by atoms with Gasteiger partial charge in [0.05, 0.1) is 28.4 Å². The van der Waals surface area contributed by atoms with E-state index in [0.717, 1.165) is 6.07 Å². The lowest BCUT2D eigenvalue weighted by atomic mass is 10.2. The van der Waals surface area contributed by atoms with E-state index >= 15 is 0 Å². The first-order chi connectivity index (χ1) is 15.9. The van der Waals surface area contributed by atoms with Gasteiger partial charge in [0, 0.05) is 30.3 Å². The number of fused-ring (bicyclic) bond motifs is 1. The molecule has 0 spiro atoms. The molecule has 0 bridgehead atoms. The van der Waals surface area contributed by atoms with E-state index in [-0.39, 0.29) is 22.1 Å². The van der Waals surface area contributed by atoms with Crippen LogP contribution in [0.3, 0.4) is 0 Å². The fraction of sp³-hybridized carbons (Fsp3) is 0.150. The summed E-state index contributed by atoms with van der Waals surface area (Å²) in [6.07, 6.45) is -0.520. The highest BCUT2D eigenvalue weighted by Crippen LogP contribution is 2.29. The molecule has 1 aromatic carbocycles. The Morgan fingerprint density at radius 2 is 1.85 bits per heavy atom. The summed E-state index contributed by atoms with van der Waals surface area (Å²) in [5.74, 6) is 0.115. The first-order valence-electron chi connectivity index (χ1n) is 9.38. The minimum Gasteiger partial charge on any atom is -0.385 e. The second-order valence-electron chi connectivity index (χ2n) is 6.78. The molecule has 4 rings (SSSR count). The molecular weight excluding hydrogens is 461 g/mol. The van der Waals surface area contributed by atoms with E-state index in [1.165, 1.54) is 35.5 Å². The van der Waals surface area contributed by atoms with Crippen molar-refractivity contribution < 1.29 is 18.3 Å². The lowest BCUT2D eigenvalue weighted by molar-refractivity contribution is 0.00381. The van der Waals surface area contributed by atoms with Gasteiger partial charge in [0.2, 0.25) is 0 Å². The second kappa shape index (κ2) is 9.27. The van der Waals surface area contributed by atoms with Crippen LogP contribution < -0.4 is 10.6 Å². The maximum Gasteiger partial charge on any atom is 0.265 e. The van der Waals surface area contributed by atoms with E-state index in [9.17, 15) is 18.3 Å². The minimum absolute atomic E-state index is 0.0142. The Hall–Kier alpha value is -3.95. The Morgan fingerprint density at radius 1 is 1.09 bits per heavy atom. The molecule has 4 aromatic rings. The molecule has 3 aromatic heterocycles. The van der Waals surface area contributed by atoms with Gasteiger partial charge in [0.15, 0.2) is 5.82 Å². The highest BCUT2D eigenvalue weighted by molar-refractivity contribution is 6.32. The average molecular weight is 475 g/mol. The van der Waals surface area contributed by atoms with E-state index in [1.54, 1.807) is 6.07 Å². The molecule has 3 heterocycles. The number of halogens is 4. The highest BCUT2D eigenvalue weighted by Gasteiger charge is 2.17. The average Bonchev–Trinajstić information content (AvgIpc) is 3.20. The monoisotopic (exact) mass is 474 g/mol. The lowest BCUT2D eigenvalue weighted by Crippen LogP contribution is -2.27. The van der Waals surface area contributed by atoms with Gasteiger partial charge in [-0.15, -0.1) is 0 Å². The van der Waals surface area contributed by atoms with Crippen LogP contribution in [0.4, 0.5) is 30.6 Å². The number of aliphatic hydroxyl groups excluding tert-OH is 1. The van der Waals surface area contributed by atoms with Crippen LogP contribution >= 0.6 is 11.6 Å². The minimum atomic E-state index is -2.88. The van der Waals surface area contributed by atoms with Crippen molar-refractivity contribution in [3.8, 4) is 11.8 Å². The number of hydrogen-bond acceptors (Lipinski definition) is 8. The quantitative estimate of drug-likeness (QED) is 0.370. The number of nitriles is 1. The van der Waals surface area contributed by atoms with E-state index in [2.05, 4.69) is 30.7 Å². The summed E-state index contributed by atoms with van der Waals surface area (Å²) >= 11 is 6.19. The zero-order chi connectivity index (χ0) is 23.5. The number of alkyl halides is 2. The topological polar surface area (TPSA) is 125 Å². The van der Waals surface area contributed by atoms with Gasteiger partial charge in [-0.2, -0.15) is 10.4 Å². The molecule has 3 N–H and O–H groups in total. The molecule has 0 aliphatic rings. The number of pyridine rings is 1. The number of rotatable bonds is 7. The molecule has 9 nitrogen and oxygen atoms in total. The lowest BCUT2D eigenvalue weighted by Gasteiger charge is -2.12. The van der Waals surface area contributed by atoms with Crippen LogP contribution in [-0.4, -0.2) is 48.9 Å². The molecule has 0 aliphatic heterocycles. The molecule has 0 radical (unpaired) electrons. The predicted molar refractivity (Wildman–Crippen MR) is 114 cm³/mol. The number of benzene rings is 1. The van der Waals surface area contributed by atoms with E-state index in [1.807, 2.05) is 6.07 Å². The van der Waals surface area contributed by atoms with Gasteiger partial charge in [-0.05, 0) is 12.1 Å². The summed E-state index contributed by atoms with van der Waals surface area (Å²) in [6, 6.07) is 7.28. The Bertz CT molecular complexity index is 1330. The van der Waals surface area contributed by atoms with E-state index in [4.69, 9.17) is 16.9 Å². The summed E-state index contributed by atoms with van der Waals surface area (Å²) in [5.41, 5.74) is 0.537. The fourth-order valence-corrected chi connectivity index (χ4v) is 3.24. The summed E-state index contributed by atoms with van der Waals surface area (Å²) < 4.78 is 40.8. The summed E-state index contributed by atoms with van der Waals surface area (Å²) in [4.78, 5) is 12.2. The highest BCUT2D eigenvalue weighted by atomic mass is 35.5. The van der Waals surface area contributed by atoms with Gasteiger partial charge in [-0.3, -0.25) is 0 Å². The molecule has 1 atom stereocenters. The van der Waals surface area contributed by atoms with Crippen molar-refractivity contribution in [1.82, 2.24) is 24.7 Å². The second-order valence-corrected chi connectivity index (χ2v) is 7.19. The Morgan fingerprint density at radius 3 is 2.58 bits per heavy atom. The van der Waals surface area contributed by atoms with Gasteiger partial charge in [-0.1, -0.05) is 11.6 Å². The SMILES string of the molecule is N#Cc1cc(F)c(-n2ncc3cnc(Nc4cc(NCC(O)C(F)F)ncn4)cc32)c(Cl)c1. The van der Waals surface area contributed by atoms with Crippen LogP contribution in [0, 0.1) is 17.1 Å². The molecule has 0 saturated carbocycles. The molecular formula is C20H14ClF3N8O. The summed E-state index contributed by atoms with van der Waals surface area (Å²) in [7, 11) is 0. The number of nitrogens with one attached hydrogen (secondary N) is 2. The molecule has 1 unspecified atom stereocenters. The number of nitrogens with zero attached hydrogens (tertiary/aromatic N) is 6. The zero-order valence-corrected chi connectivity index (χ0v) is 17.3. The Labute approximate surface area is 189 Å². The Kier molecular flexibility index (Phi) is 6.25. The van der Waals surface area contributed by atoms with Crippen molar-refractivity contribution in [1.29, 1.82) is 5.26 Å². The smallest absolute Gasteiger partial charge is 0.265 e. The molecule has 0 fully saturated rings. The van der Waals surface area contributed by atoms with Gasteiger partial charge in [0.1, 0.15) is 35.6 Å². The van der Waals surface area contributed by atoms with Gasteiger partial charge >= 0.3 is 0 Å². The van der Waals surface area contributed by atoms with Crippen molar-refractivity contribution >= 4 is 40.0 Å². The fourth-order valence-electron chi connectivity index (χ4n) is 2.95. The molecule has 0 saturated heterocycles. The first-order valence-corrected chi connectivity index (χ1v) is 9.76. The molecule has 168 valence electrons. The van der Waals surface area contributed by atoms with Crippen molar-refractivity contribution in [2.45, 2.75) is 12.5 Å². The number of hydrogen-bond donors (Lipinski definition) is 3. The van der Waals surface area contributed by atoms with Crippen LogP contribution in [0.1, 0.15) is 5.56 Å².